The van der Waals surface area contributed by atoms with Gasteiger partial charge in [0.15, 0.2) is 0 Å². The minimum absolute atomic E-state index is 0.418. The van der Waals surface area contributed by atoms with Gasteiger partial charge in [-0.2, -0.15) is 0 Å². The van der Waals surface area contributed by atoms with E-state index in [9.17, 15) is 4.79 Å². The van der Waals surface area contributed by atoms with E-state index in [1.807, 2.05) is 0 Å². The fraction of sp³-hybridized carbons (Fsp3) is 0.375. The monoisotopic (exact) mass is 181 g/mol. The first-order chi connectivity index (χ1) is 6.20. The highest BCUT2D eigenvalue weighted by Gasteiger charge is 2.09. The molecule has 1 rings (SSSR count). The molecule has 0 saturated carbocycles. The van der Waals surface area contributed by atoms with Gasteiger partial charge in [-0.05, 0) is 6.92 Å². The van der Waals surface area contributed by atoms with E-state index in [-0.39, 0.29) is 0 Å². The maximum Gasteiger partial charge on any atom is 0.320 e. The van der Waals surface area contributed by atoms with Crippen molar-refractivity contribution in [2.75, 3.05) is 0 Å². The average molecular weight is 181 g/mol. The minimum atomic E-state index is -0.871. The lowest BCUT2D eigenvalue weighted by Crippen LogP contribution is -2.33. The summed E-state index contributed by atoms with van der Waals surface area (Å²) in [6.07, 6.45) is 4.74. The SMILES string of the molecule is CC(NCc1cnccn1)C(=O)O. The van der Waals surface area contributed by atoms with Gasteiger partial charge in [0, 0.05) is 25.1 Å². The predicted octanol–water partition coefficient (Wildman–Crippen LogP) is 0.0393. The molecule has 0 spiro atoms. The number of carboxylic acids is 1. The molecule has 5 heteroatoms. The highest BCUT2D eigenvalue weighted by molar-refractivity contribution is 5.72. The molecular formula is C8H11N3O2. The lowest BCUT2D eigenvalue weighted by atomic mass is 10.3. The molecule has 0 aliphatic rings. The number of aliphatic carboxylic acids is 1. The first-order valence-electron chi connectivity index (χ1n) is 3.91. The topological polar surface area (TPSA) is 75.1 Å². The molecule has 0 aliphatic heterocycles. The second-order valence-electron chi connectivity index (χ2n) is 2.64. The van der Waals surface area contributed by atoms with Crippen molar-refractivity contribution in [1.82, 2.24) is 15.3 Å². The summed E-state index contributed by atoms with van der Waals surface area (Å²) < 4.78 is 0. The Bertz CT molecular complexity index is 276. The van der Waals surface area contributed by atoms with E-state index in [0.717, 1.165) is 5.69 Å². The second kappa shape index (κ2) is 4.51. The van der Waals surface area contributed by atoms with Gasteiger partial charge in [0.05, 0.1) is 5.69 Å². The molecule has 0 radical (unpaired) electrons. The van der Waals surface area contributed by atoms with Gasteiger partial charge in [-0.3, -0.25) is 20.1 Å². The highest BCUT2D eigenvalue weighted by atomic mass is 16.4. The zero-order chi connectivity index (χ0) is 9.68. The first-order valence-corrected chi connectivity index (χ1v) is 3.91. The number of carbonyl (C=O) groups is 1. The van der Waals surface area contributed by atoms with Crippen LogP contribution in [0.2, 0.25) is 0 Å². The molecule has 0 aromatic carbocycles. The van der Waals surface area contributed by atoms with Crippen LogP contribution in [0.15, 0.2) is 18.6 Å². The summed E-state index contributed by atoms with van der Waals surface area (Å²) in [6.45, 7) is 2.00. The highest BCUT2D eigenvalue weighted by Crippen LogP contribution is 1.90. The lowest BCUT2D eigenvalue weighted by molar-refractivity contribution is -0.139. The van der Waals surface area contributed by atoms with Gasteiger partial charge >= 0.3 is 5.97 Å². The van der Waals surface area contributed by atoms with Crippen molar-refractivity contribution in [2.45, 2.75) is 19.5 Å². The fourth-order valence-corrected chi connectivity index (χ4v) is 0.766. The van der Waals surface area contributed by atoms with Crippen LogP contribution in [0.1, 0.15) is 12.6 Å². The second-order valence-corrected chi connectivity index (χ2v) is 2.64. The van der Waals surface area contributed by atoms with Gasteiger partial charge in [-0.25, -0.2) is 0 Å². The standard InChI is InChI=1S/C8H11N3O2/c1-6(8(12)13)11-5-7-4-9-2-3-10-7/h2-4,6,11H,5H2,1H3,(H,12,13). The van der Waals surface area contributed by atoms with E-state index in [2.05, 4.69) is 15.3 Å². The van der Waals surface area contributed by atoms with Crippen LogP contribution in [0, 0.1) is 0 Å². The number of aromatic nitrogens is 2. The van der Waals surface area contributed by atoms with Crippen LogP contribution >= 0.6 is 0 Å². The van der Waals surface area contributed by atoms with Crippen molar-refractivity contribution in [2.24, 2.45) is 0 Å². The van der Waals surface area contributed by atoms with E-state index >= 15 is 0 Å². The molecule has 1 aromatic heterocycles. The molecule has 1 unspecified atom stereocenters. The Kier molecular flexibility index (Phi) is 3.33. The van der Waals surface area contributed by atoms with Crippen LogP contribution in [-0.2, 0) is 11.3 Å². The van der Waals surface area contributed by atoms with Gasteiger partial charge in [0.2, 0.25) is 0 Å². The molecule has 0 fully saturated rings. The maximum atomic E-state index is 10.4. The zero-order valence-electron chi connectivity index (χ0n) is 7.27. The Balaban J connectivity index is 2.39. The van der Waals surface area contributed by atoms with E-state index < -0.39 is 12.0 Å². The molecule has 1 heterocycles. The van der Waals surface area contributed by atoms with Crippen LogP contribution in [0.25, 0.3) is 0 Å². The van der Waals surface area contributed by atoms with Gasteiger partial charge < -0.3 is 5.11 Å². The third-order valence-corrected chi connectivity index (χ3v) is 1.58. The maximum absolute atomic E-state index is 10.4. The van der Waals surface area contributed by atoms with Crippen molar-refractivity contribution in [3.05, 3.63) is 24.3 Å². The summed E-state index contributed by atoms with van der Waals surface area (Å²) in [6, 6.07) is -0.568. The molecule has 0 saturated heterocycles. The lowest BCUT2D eigenvalue weighted by Gasteiger charge is -2.07. The molecule has 2 N–H and O–H groups in total. The zero-order valence-corrected chi connectivity index (χ0v) is 7.27. The fourth-order valence-electron chi connectivity index (χ4n) is 0.766. The smallest absolute Gasteiger partial charge is 0.320 e. The number of nitrogens with zero attached hydrogens (tertiary/aromatic N) is 2. The summed E-state index contributed by atoms with van der Waals surface area (Å²) >= 11 is 0. The Labute approximate surface area is 75.8 Å². The van der Waals surface area contributed by atoms with Crippen LogP contribution in [0.3, 0.4) is 0 Å². The Morgan fingerprint density at radius 1 is 1.69 bits per heavy atom. The van der Waals surface area contributed by atoms with Crippen molar-refractivity contribution in [1.29, 1.82) is 0 Å². The molecule has 70 valence electrons. The first kappa shape index (κ1) is 9.60. The van der Waals surface area contributed by atoms with E-state index in [0.29, 0.717) is 6.54 Å². The van der Waals surface area contributed by atoms with E-state index in [4.69, 9.17) is 5.11 Å². The molecule has 5 nitrogen and oxygen atoms in total. The van der Waals surface area contributed by atoms with Crippen LogP contribution < -0.4 is 5.32 Å². The Morgan fingerprint density at radius 2 is 2.46 bits per heavy atom. The summed E-state index contributed by atoms with van der Waals surface area (Å²) in [7, 11) is 0. The van der Waals surface area contributed by atoms with Crippen LogP contribution in [-0.4, -0.2) is 27.1 Å². The molecule has 0 aliphatic carbocycles. The average Bonchev–Trinajstić information content (AvgIpc) is 2.15. The number of hydrogen-bond acceptors (Lipinski definition) is 4. The largest absolute Gasteiger partial charge is 0.480 e. The summed E-state index contributed by atoms with van der Waals surface area (Å²) in [5.74, 6) is -0.871. The number of hydrogen-bond donors (Lipinski definition) is 2. The summed E-state index contributed by atoms with van der Waals surface area (Å²) in [5, 5.41) is 11.4. The van der Waals surface area contributed by atoms with Gasteiger partial charge in [-0.15, -0.1) is 0 Å². The number of nitrogens with one attached hydrogen (secondary N) is 1. The molecule has 1 aromatic rings. The van der Waals surface area contributed by atoms with Crippen molar-refractivity contribution >= 4 is 5.97 Å². The van der Waals surface area contributed by atoms with Crippen molar-refractivity contribution < 1.29 is 9.90 Å². The molecule has 0 bridgehead atoms. The summed E-state index contributed by atoms with van der Waals surface area (Å²) in [5.41, 5.74) is 0.732. The van der Waals surface area contributed by atoms with Gasteiger partial charge in [0.25, 0.3) is 0 Å². The molecular weight excluding hydrogens is 170 g/mol. The van der Waals surface area contributed by atoms with E-state index in [1.54, 1.807) is 25.5 Å². The normalized spacial score (nSPS) is 12.4. The summed E-state index contributed by atoms with van der Waals surface area (Å²) in [4.78, 5) is 18.3. The quantitative estimate of drug-likeness (QED) is 0.686. The van der Waals surface area contributed by atoms with Crippen LogP contribution in [0.4, 0.5) is 0 Å². The van der Waals surface area contributed by atoms with E-state index in [1.165, 1.54) is 0 Å². The molecule has 1 atom stereocenters. The number of carboxylic acid groups (broad SMARTS) is 1. The van der Waals surface area contributed by atoms with Crippen LogP contribution in [0.5, 0.6) is 0 Å². The van der Waals surface area contributed by atoms with Crippen molar-refractivity contribution in [3.8, 4) is 0 Å². The molecule has 0 amide bonds. The third-order valence-electron chi connectivity index (χ3n) is 1.58. The third kappa shape index (κ3) is 3.16. The Morgan fingerprint density at radius 3 is 3.00 bits per heavy atom. The van der Waals surface area contributed by atoms with Gasteiger partial charge in [0.1, 0.15) is 6.04 Å². The molecule has 13 heavy (non-hydrogen) atoms. The number of rotatable bonds is 4. The predicted molar refractivity (Wildman–Crippen MR) is 46.0 cm³/mol. The minimum Gasteiger partial charge on any atom is -0.480 e. The Hall–Kier alpha value is -1.49. The van der Waals surface area contributed by atoms with Crippen molar-refractivity contribution in [3.63, 3.8) is 0 Å². The van der Waals surface area contributed by atoms with Gasteiger partial charge in [-0.1, -0.05) is 0 Å².